The Balaban J connectivity index is 1.62. The summed E-state index contributed by atoms with van der Waals surface area (Å²) in [6.07, 6.45) is 2.74. The molecule has 3 heterocycles. The van der Waals surface area contributed by atoms with E-state index >= 15 is 0 Å². The Bertz CT molecular complexity index is 767. The number of H-pyrrole nitrogens is 1. The van der Waals surface area contributed by atoms with Gasteiger partial charge in [-0.25, -0.2) is 23.4 Å². The summed E-state index contributed by atoms with van der Waals surface area (Å²) in [6.45, 7) is 4.81. The molecule has 9 nitrogen and oxygen atoms in total. The lowest BCUT2D eigenvalue weighted by Crippen LogP contribution is -2.49. The molecule has 126 valence electrons. The molecule has 0 saturated carbocycles. The molecule has 2 atom stereocenters. The smallest absolute Gasteiger partial charge is 0.216 e. The van der Waals surface area contributed by atoms with Crippen molar-refractivity contribution in [2.75, 3.05) is 30.7 Å². The number of morpholine rings is 1. The summed E-state index contributed by atoms with van der Waals surface area (Å²) in [5.41, 5.74) is 1.21. The third-order valence-corrected chi connectivity index (χ3v) is 5.46. The molecule has 23 heavy (non-hydrogen) atoms. The highest BCUT2D eigenvalue weighted by Gasteiger charge is 2.30. The maximum absolute atomic E-state index is 12.5. The fourth-order valence-electron chi connectivity index (χ4n) is 2.68. The van der Waals surface area contributed by atoms with E-state index < -0.39 is 10.0 Å². The van der Waals surface area contributed by atoms with Gasteiger partial charge in [0, 0.05) is 19.6 Å². The molecule has 0 unspecified atom stereocenters. The molecule has 3 rings (SSSR count). The van der Waals surface area contributed by atoms with Gasteiger partial charge >= 0.3 is 0 Å². The molecule has 2 N–H and O–H groups in total. The number of nitrogens with zero attached hydrogens (tertiary/aromatic N) is 4. The number of hydrogen-bond donors (Lipinski definition) is 2. The molecular formula is C13H20N6O3S. The first-order valence-corrected chi connectivity index (χ1v) is 9.08. The molecule has 0 radical (unpaired) electrons. The minimum absolute atomic E-state index is 0.00786. The van der Waals surface area contributed by atoms with E-state index in [1.165, 1.54) is 17.0 Å². The lowest BCUT2D eigenvalue weighted by atomic mass is 10.3. The Morgan fingerprint density at radius 3 is 2.78 bits per heavy atom. The second kappa shape index (κ2) is 6.38. The van der Waals surface area contributed by atoms with Gasteiger partial charge in [-0.05, 0) is 13.8 Å². The van der Waals surface area contributed by atoms with Crippen LogP contribution in [-0.2, 0) is 14.8 Å². The summed E-state index contributed by atoms with van der Waals surface area (Å²) in [7, 11) is -3.34. The van der Waals surface area contributed by atoms with Gasteiger partial charge < -0.3 is 15.0 Å². The maximum atomic E-state index is 12.5. The number of sulfonamides is 1. The zero-order valence-corrected chi connectivity index (χ0v) is 13.9. The first-order valence-electron chi connectivity index (χ1n) is 7.47. The number of nitrogens with one attached hydrogen (secondary N) is 2. The van der Waals surface area contributed by atoms with Crippen molar-refractivity contribution < 1.29 is 13.2 Å². The largest absolute Gasteiger partial charge is 0.373 e. The fourth-order valence-corrected chi connectivity index (χ4v) is 4.18. The van der Waals surface area contributed by atoms with Crippen LogP contribution in [0, 0.1) is 0 Å². The van der Waals surface area contributed by atoms with E-state index in [1.54, 1.807) is 0 Å². The van der Waals surface area contributed by atoms with Crippen LogP contribution in [0.15, 0.2) is 12.7 Å². The predicted molar refractivity (Wildman–Crippen MR) is 85.5 cm³/mol. The van der Waals surface area contributed by atoms with Crippen LogP contribution in [0.1, 0.15) is 13.8 Å². The van der Waals surface area contributed by atoms with Gasteiger partial charge in [0.05, 0.1) is 24.3 Å². The number of aromatic nitrogens is 4. The van der Waals surface area contributed by atoms with Crippen molar-refractivity contribution in [1.29, 1.82) is 0 Å². The molecule has 10 heteroatoms. The van der Waals surface area contributed by atoms with Gasteiger partial charge in [-0.15, -0.1) is 0 Å². The third kappa shape index (κ3) is 3.59. The fraction of sp³-hybridized carbons (Fsp3) is 0.615. The number of hydrogen-bond acceptors (Lipinski definition) is 7. The van der Waals surface area contributed by atoms with Crippen molar-refractivity contribution in [3.8, 4) is 0 Å². The van der Waals surface area contributed by atoms with Crippen molar-refractivity contribution in [1.82, 2.24) is 24.2 Å². The molecule has 1 saturated heterocycles. The Labute approximate surface area is 134 Å². The maximum Gasteiger partial charge on any atom is 0.216 e. The van der Waals surface area contributed by atoms with Gasteiger partial charge in [0.1, 0.15) is 11.8 Å². The highest BCUT2D eigenvalue weighted by atomic mass is 32.2. The normalized spacial score (nSPS) is 23.2. The number of anilines is 1. The van der Waals surface area contributed by atoms with E-state index in [0.29, 0.717) is 30.1 Å². The first-order chi connectivity index (χ1) is 11.0. The molecule has 1 fully saturated rings. The average molecular weight is 340 g/mol. The lowest BCUT2D eigenvalue weighted by molar-refractivity contribution is -0.0440. The van der Waals surface area contributed by atoms with Crippen molar-refractivity contribution >= 4 is 27.0 Å². The van der Waals surface area contributed by atoms with Gasteiger partial charge in [0.25, 0.3) is 0 Å². The number of aromatic amines is 1. The summed E-state index contributed by atoms with van der Waals surface area (Å²) in [5, 5.41) is 3.03. The summed E-state index contributed by atoms with van der Waals surface area (Å²) >= 11 is 0. The van der Waals surface area contributed by atoms with Crippen LogP contribution in [0.2, 0.25) is 0 Å². The summed E-state index contributed by atoms with van der Waals surface area (Å²) in [4.78, 5) is 15.1. The molecule has 1 aliphatic rings. The first kappa shape index (κ1) is 16.1. The quantitative estimate of drug-likeness (QED) is 0.799. The number of fused-ring (bicyclic) bond motifs is 1. The average Bonchev–Trinajstić information content (AvgIpc) is 2.95. The molecule has 2 aromatic heterocycles. The van der Waals surface area contributed by atoms with Crippen LogP contribution in [0.3, 0.4) is 0 Å². The van der Waals surface area contributed by atoms with Crippen molar-refractivity contribution in [3.05, 3.63) is 12.7 Å². The minimum Gasteiger partial charge on any atom is -0.373 e. The van der Waals surface area contributed by atoms with Crippen LogP contribution in [-0.4, -0.2) is 70.3 Å². The number of ether oxygens (including phenoxy) is 1. The highest BCUT2D eigenvalue weighted by Crippen LogP contribution is 2.16. The van der Waals surface area contributed by atoms with Crippen LogP contribution in [0.25, 0.3) is 11.2 Å². The number of imidazole rings is 1. The Morgan fingerprint density at radius 2 is 2.04 bits per heavy atom. The third-order valence-electron chi connectivity index (χ3n) is 3.65. The van der Waals surface area contributed by atoms with E-state index in [0.717, 1.165) is 0 Å². The van der Waals surface area contributed by atoms with Gasteiger partial charge in [-0.2, -0.15) is 4.31 Å². The minimum atomic E-state index is -3.34. The summed E-state index contributed by atoms with van der Waals surface area (Å²) in [6, 6.07) is 0. The molecule has 1 aliphatic heterocycles. The second-order valence-corrected chi connectivity index (χ2v) is 7.73. The van der Waals surface area contributed by atoms with Crippen molar-refractivity contribution in [3.63, 3.8) is 0 Å². The topological polar surface area (TPSA) is 113 Å². The second-order valence-electron chi connectivity index (χ2n) is 5.64. The monoisotopic (exact) mass is 340 g/mol. The number of rotatable bonds is 5. The standard InChI is InChI=1S/C13H20N6O3S/c1-9-5-19(6-10(2)22-9)23(20,21)4-3-14-12-11-13(16-7-15-11)18-8-17-12/h7-10H,3-6H2,1-2H3,(H2,14,15,16,17,18)/t9-,10-/m0/s1. The summed E-state index contributed by atoms with van der Waals surface area (Å²) in [5.74, 6) is 0.540. The van der Waals surface area contributed by atoms with Gasteiger partial charge in [-0.1, -0.05) is 0 Å². The van der Waals surface area contributed by atoms with Crippen molar-refractivity contribution in [2.45, 2.75) is 26.1 Å². The van der Waals surface area contributed by atoms with E-state index in [2.05, 4.69) is 25.3 Å². The SMILES string of the molecule is C[C@H]1CN(S(=O)(=O)CCNc2ncnc3nc[nH]c23)C[C@H](C)O1. The van der Waals surface area contributed by atoms with Crippen LogP contribution >= 0.6 is 0 Å². The highest BCUT2D eigenvalue weighted by molar-refractivity contribution is 7.89. The Morgan fingerprint density at radius 1 is 1.30 bits per heavy atom. The van der Waals surface area contributed by atoms with Gasteiger partial charge in [-0.3, -0.25) is 0 Å². The molecule has 0 bridgehead atoms. The predicted octanol–water partition coefficient (Wildman–Crippen LogP) is 0.204. The molecule has 0 amide bonds. The van der Waals surface area contributed by atoms with Crippen LogP contribution in [0.5, 0.6) is 0 Å². The van der Waals surface area contributed by atoms with Crippen molar-refractivity contribution in [2.24, 2.45) is 0 Å². The van der Waals surface area contributed by atoms with E-state index in [4.69, 9.17) is 4.74 Å². The molecule has 0 spiro atoms. The Hall–Kier alpha value is -1.78. The van der Waals surface area contributed by atoms with E-state index in [1.807, 2.05) is 13.8 Å². The summed E-state index contributed by atoms with van der Waals surface area (Å²) < 4.78 is 32.0. The zero-order chi connectivity index (χ0) is 16.4. The van der Waals surface area contributed by atoms with Crippen LogP contribution in [0.4, 0.5) is 5.82 Å². The molecule has 2 aromatic rings. The van der Waals surface area contributed by atoms with E-state index in [-0.39, 0.29) is 24.5 Å². The lowest BCUT2D eigenvalue weighted by Gasteiger charge is -2.34. The Kier molecular flexibility index (Phi) is 4.46. The van der Waals surface area contributed by atoms with E-state index in [9.17, 15) is 8.42 Å². The zero-order valence-electron chi connectivity index (χ0n) is 13.1. The molecule has 0 aromatic carbocycles. The van der Waals surface area contributed by atoms with Gasteiger partial charge in [0.2, 0.25) is 10.0 Å². The molecular weight excluding hydrogens is 320 g/mol. The van der Waals surface area contributed by atoms with Crippen LogP contribution < -0.4 is 5.32 Å². The van der Waals surface area contributed by atoms with Gasteiger partial charge in [0.15, 0.2) is 11.5 Å². The molecule has 0 aliphatic carbocycles.